The molecule has 0 heterocycles. The van der Waals surface area contributed by atoms with Crippen LogP contribution in [0.4, 0.5) is 0 Å². The predicted octanol–water partition coefficient (Wildman–Crippen LogP) is 1.18. The van der Waals surface area contributed by atoms with Crippen LogP contribution in [-0.4, -0.2) is 25.0 Å². The molecule has 0 aromatic heterocycles. The van der Waals surface area contributed by atoms with Crippen molar-refractivity contribution in [3.05, 3.63) is 10.4 Å². The lowest BCUT2D eigenvalue weighted by molar-refractivity contribution is -0.124. The molecular formula is C9H19N5O. The van der Waals surface area contributed by atoms with Crippen molar-refractivity contribution in [3.63, 3.8) is 0 Å². The van der Waals surface area contributed by atoms with Crippen LogP contribution >= 0.6 is 0 Å². The number of hydrogen-bond donors (Lipinski definition) is 2. The lowest BCUT2D eigenvalue weighted by Gasteiger charge is -2.25. The molecule has 6 nitrogen and oxygen atoms in total. The standard InChI is InChI=1S/C9H19N5O/c1-9(2,3)7(10)8(15)12-5-4-6-13-14-11/h7H,4-6,10H2,1-3H3,(H,12,15)/t7-/m0/s1. The molecule has 86 valence electrons. The van der Waals surface area contributed by atoms with Crippen LogP contribution in [0.3, 0.4) is 0 Å². The van der Waals surface area contributed by atoms with E-state index in [0.717, 1.165) is 0 Å². The Morgan fingerprint density at radius 2 is 2.20 bits per heavy atom. The van der Waals surface area contributed by atoms with Crippen molar-refractivity contribution < 1.29 is 4.79 Å². The van der Waals surface area contributed by atoms with Gasteiger partial charge in [0.05, 0.1) is 6.04 Å². The second-order valence-electron chi connectivity index (χ2n) is 4.44. The van der Waals surface area contributed by atoms with E-state index in [4.69, 9.17) is 11.3 Å². The monoisotopic (exact) mass is 213 g/mol. The molecule has 0 saturated heterocycles. The summed E-state index contributed by atoms with van der Waals surface area (Å²) in [4.78, 5) is 14.1. The largest absolute Gasteiger partial charge is 0.355 e. The molecule has 0 spiro atoms. The van der Waals surface area contributed by atoms with E-state index >= 15 is 0 Å². The van der Waals surface area contributed by atoms with Crippen molar-refractivity contribution in [2.45, 2.75) is 33.2 Å². The van der Waals surface area contributed by atoms with E-state index in [1.165, 1.54) is 0 Å². The van der Waals surface area contributed by atoms with Crippen LogP contribution in [0.25, 0.3) is 10.4 Å². The van der Waals surface area contributed by atoms with Crippen molar-refractivity contribution in [1.82, 2.24) is 5.32 Å². The van der Waals surface area contributed by atoms with Crippen LogP contribution in [0.1, 0.15) is 27.2 Å². The molecule has 15 heavy (non-hydrogen) atoms. The molecule has 0 aromatic rings. The van der Waals surface area contributed by atoms with Gasteiger partial charge < -0.3 is 11.1 Å². The van der Waals surface area contributed by atoms with Crippen LogP contribution in [0.2, 0.25) is 0 Å². The third-order valence-corrected chi connectivity index (χ3v) is 2.01. The Morgan fingerprint density at radius 1 is 1.60 bits per heavy atom. The molecule has 0 unspecified atom stereocenters. The molecule has 6 heteroatoms. The van der Waals surface area contributed by atoms with Gasteiger partial charge in [-0.05, 0) is 17.4 Å². The number of nitrogens with zero attached hydrogens (tertiary/aromatic N) is 3. The summed E-state index contributed by atoms with van der Waals surface area (Å²) in [5, 5.41) is 6.06. The Balaban J connectivity index is 3.79. The minimum Gasteiger partial charge on any atom is -0.355 e. The number of carbonyl (C=O) groups is 1. The predicted molar refractivity (Wildman–Crippen MR) is 59.1 cm³/mol. The summed E-state index contributed by atoms with van der Waals surface area (Å²) in [6.45, 7) is 6.62. The second kappa shape index (κ2) is 6.27. The molecule has 0 aliphatic carbocycles. The van der Waals surface area contributed by atoms with Gasteiger partial charge in [0.1, 0.15) is 0 Å². The van der Waals surface area contributed by atoms with Crippen LogP contribution in [0.15, 0.2) is 5.11 Å². The van der Waals surface area contributed by atoms with E-state index < -0.39 is 6.04 Å². The molecule has 0 rings (SSSR count). The van der Waals surface area contributed by atoms with Crippen molar-refractivity contribution in [1.29, 1.82) is 0 Å². The molecule has 0 aliphatic heterocycles. The molecule has 0 aromatic carbocycles. The van der Waals surface area contributed by atoms with Crippen LogP contribution < -0.4 is 11.1 Å². The lowest BCUT2D eigenvalue weighted by atomic mass is 9.87. The van der Waals surface area contributed by atoms with Gasteiger partial charge in [-0.25, -0.2) is 0 Å². The molecule has 0 bridgehead atoms. The minimum absolute atomic E-state index is 0.163. The molecule has 0 aliphatic rings. The average molecular weight is 213 g/mol. The number of azide groups is 1. The second-order valence-corrected chi connectivity index (χ2v) is 4.44. The first-order valence-corrected chi connectivity index (χ1v) is 4.93. The maximum Gasteiger partial charge on any atom is 0.237 e. The van der Waals surface area contributed by atoms with E-state index in [2.05, 4.69) is 15.3 Å². The van der Waals surface area contributed by atoms with Crippen molar-refractivity contribution in [2.24, 2.45) is 16.3 Å². The molecule has 0 fully saturated rings. The van der Waals surface area contributed by atoms with Crippen LogP contribution in [0, 0.1) is 5.41 Å². The maximum absolute atomic E-state index is 11.5. The maximum atomic E-state index is 11.5. The van der Waals surface area contributed by atoms with Gasteiger partial charge in [0.15, 0.2) is 0 Å². The fraction of sp³-hybridized carbons (Fsp3) is 0.889. The summed E-state index contributed by atoms with van der Waals surface area (Å²) in [7, 11) is 0. The molecule has 1 atom stereocenters. The van der Waals surface area contributed by atoms with E-state index in [1.807, 2.05) is 20.8 Å². The fourth-order valence-electron chi connectivity index (χ4n) is 0.909. The number of nitrogens with two attached hydrogens (primary N) is 1. The Kier molecular flexibility index (Phi) is 5.74. The van der Waals surface area contributed by atoms with E-state index in [0.29, 0.717) is 19.5 Å². The fourth-order valence-corrected chi connectivity index (χ4v) is 0.909. The first kappa shape index (κ1) is 13.7. The molecule has 3 N–H and O–H groups in total. The lowest BCUT2D eigenvalue weighted by Crippen LogP contribution is -2.48. The summed E-state index contributed by atoms with van der Waals surface area (Å²) in [5.74, 6) is -0.163. The van der Waals surface area contributed by atoms with Gasteiger partial charge in [0.2, 0.25) is 5.91 Å². The highest BCUT2D eigenvalue weighted by atomic mass is 16.2. The van der Waals surface area contributed by atoms with Gasteiger partial charge in [-0.15, -0.1) is 0 Å². The zero-order chi connectivity index (χ0) is 11.9. The van der Waals surface area contributed by atoms with Gasteiger partial charge in [-0.3, -0.25) is 4.79 Å². The zero-order valence-electron chi connectivity index (χ0n) is 9.53. The zero-order valence-corrected chi connectivity index (χ0v) is 9.53. The minimum atomic E-state index is -0.517. The van der Waals surface area contributed by atoms with E-state index in [-0.39, 0.29) is 11.3 Å². The van der Waals surface area contributed by atoms with Gasteiger partial charge in [-0.1, -0.05) is 25.9 Å². The first-order valence-electron chi connectivity index (χ1n) is 4.93. The van der Waals surface area contributed by atoms with Crippen LogP contribution in [0.5, 0.6) is 0 Å². The number of amides is 1. The van der Waals surface area contributed by atoms with Gasteiger partial charge >= 0.3 is 0 Å². The van der Waals surface area contributed by atoms with E-state index in [9.17, 15) is 4.79 Å². The highest BCUT2D eigenvalue weighted by Crippen LogP contribution is 2.16. The van der Waals surface area contributed by atoms with Gasteiger partial charge in [-0.2, -0.15) is 0 Å². The average Bonchev–Trinajstić information content (AvgIpc) is 2.14. The number of carbonyl (C=O) groups excluding carboxylic acids is 1. The summed E-state index contributed by atoms with van der Waals surface area (Å²) in [5.41, 5.74) is 13.5. The third kappa shape index (κ3) is 5.93. The topological polar surface area (TPSA) is 104 Å². The Bertz CT molecular complexity index is 252. The quantitative estimate of drug-likeness (QED) is 0.310. The molecule has 0 radical (unpaired) electrons. The van der Waals surface area contributed by atoms with Crippen LogP contribution in [-0.2, 0) is 4.79 Å². The highest BCUT2D eigenvalue weighted by molar-refractivity contribution is 5.82. The van der Waals surface area contributed by atoms with Crippen molar-refractivity contribution in [2.75, 3.05) is 13.1 Å². The summed E-state index contributed by atoms with van der Waals surface area (Å²) >= 11 is 0. The molecule has 0 saturated carbocycles. The third-order valence-electron chi connectivity index (χ3n) is 2.01. The van der Waals surface area contributed by atoms with E-state index in [1.54, 1.807) is 0 Å². The summed E-state index contributed by atoms with van der Waals surface area (Å²) in [6.07, 6.45) is 0.632. The Hall–Kier alpha value is -1.26. The number of rotatable bonds is 5. The molecular weight excluding hydrogens is 194 g/mol. The van der Waals surface area contributed by atoms with Crippen molar-refractivity contribution in [3.8, 4) is 0 Å². The Morgan fingerprint density at radius 3 is 2.67 bits per heavy atom. The first-order chi connectivity index (χ1) is 6.89. The number of hydrogen-bond acceptors (Lipinski definition) is 3. The normalized spacial score (nSPS) is 12.8. The Labute approximate surface area is 89.8 Å². The smallest absolute Gasteiger partial charge is 0.237 e. The summed E-state index contributed by atoms with van der Waals surface area (Å²) in [6, 6.07) is -0.517. The SMILES string of the molecule is CC(C)(C)[C@@H](N)C(=O)NCCCN=[N+]=[N-]. The summed E-state index contributed by atoms with van der Waals surface area (Å²) < 4.78 is 0. The molecule has 1 amide bonds. The van der Waals surface area contributed by atoms with Gasteiger partial charge in [0.25, 0.3) is 0 Å². The van der Waals surface area contributed by atoms with Gasteiger partial charge in [0, 0.05) is 18.0 Å². The highest BCUT2D eigenvalue weighted by Gasteiger charge is 2.26. The van der Waals surface area contributed by atoms with Crippen molar-refractivity contribution >= 4 is 5.91 Å². The number of nitrogens with one attached hydrogen (secondary N) is 1.